The summed E-state index contributed by atoms with van der Waals surface area (Å²) in [5.41, 5.74) is 0.740. The minimum Gasteiger partial charge on any atom is -0.371 e. The van der Waals surface area contributed by atoms with Crippen molar-refractivity contribution in [3.63, 3.8) is 0 Å². The van der Waals surface area contributed by atoms with Crippen LogP contribution >= 0.6 is 11.6 Å². The lowest BCUT2D eigenvalue weighted by molar-refractivity contribution is 0.0420. The van der Waals surface area contributed by atoms with Crippen LogP contribution in [0.15, 0.2) is 6.20 Å². The summed E-state index contributed by atoms with van der Waals surface area (Å²) in [6.45, 7) is 4.70. The molecule has 0 saturated heterocycles. The summed E-state index contributed by atoms with van der Waals surface area (Å²) in [6, 6.07) is 0. The van der Waals surface area contributed by atoms with Gasteiger partial charge in [0, 0.05) is 7.05 Å². The summed E-state index contributed by atoms with van der Waals surface area (Å²) in [5.74, 6) is 0.608. The van der Waals surface area contributed by atoms with Crippen LogP contribution in [0.4, 0.5) is 0 Å². The zero-order chi connectivity index (χ0) is 15.2. The molecule has 2 heterocycles. The van der Waals surface area contributed by atoms with E-state index in [2.05, 4.69) is 28.9 Å². The number of unbranched alkanes of at least 4 members (excludes halogenated alkanes) is 3. The van der Waals surface area contributed by atoms with Gasteiger partial charge in [-0.3, -0.25) is 4.68 Å². The van der Waals surface area contributed by atoms with E-state index in [9.17, 15) is 0 Å². The molecule has 0 fully saturated rings. The number of hydrogen-bond acceptors (Lipinski definition) is 4. The zero-order valence-electron chi connectivity index (χ0n) is 13.0. The molecule has 0 aliphatic heterocycles. The van der Waals surface area contributed by atoms with Crippen molar-refractivity contribution in [3.05, 3.63) is 17.2 Å². The lowest BCUT2D eigenvalue weighted by Crippen LogP contribution is -2.10. The molecule has 0 N–H and O–H groups in total. The number of hydrogen-bond donors (Lipinski definition) is 0. The Balaban J connectivity index is 1.89. The van der Waals surface area contributed by atoms with Gasteiger partial charge in [0.05, 0.1) is 17.7 Å². The van der Waals surface area contributed by atoms with Crippen molar-refractivity contribution in [2.24, 2.45) is 7.05 Å². The van der Waals surface area contributed by atoms with Crippen molar-refractivity contribution in [2.45, 2.75) is 58.7 Å². The molecular formula is C15H23ClN4O. The number of fused-ring (bicyclic) bond motifs is 1. The first-order valence-electron chi connectivity index (χ1n) is 7.57. The van der Waals surface area contributed by atoms with Crippen LogP contribution < -0.4 is 0 Å². The van der Waals surface area contributed by atoms with E-state index in [1.807, 2.05) is 7.05 Å². The molecule has 116 valence electrons. The Kier molecular flexibility index (Phi) is 5.94. The van der Waals surface area contributed by atoms with Gasteiger partial charge in [-0.25, -0.2) is 9.97 Å². The van der Waals surface area contributed by atoms with Crippen LogP contribution in [-0.4, -0.2) is 25.9 Å². The molecule has 0 spiro atoms. The van der Waals surface area contributed by atoms with Gasteiger partial charge >= 0.3 is 0 Å². The van der Waals surface area contributed by atoms with Crippen LogP contribution in [0.3, 0.4) is 0 Å². The molecule has 2 aromatic rings. The third-order valence-electron chi connectivity index (χ3n) is 3.55. The second-order valence-electron chi connectivity index (χ2n) is 5.41. The normalized spacial score (nSPS) is 13.0. The molecule has 5 nitrogen and oxygen atoms in total. The van der Waals surface area contributed by atoms with E-state index in [1.54, 1.807) is 10.9 Å². The minimum atomic E-state index is 0.214. The molecule has 0 aromatic carbocycles. The Labute approximate surface area is 130 Å². The third-order valence-corrected chi connectivity index (χ3v) is 3.84. The van der Waals surface area contributed by atoms with Crippen LogP contribution in [0.1, 0.15) is 51.8 Å². The van der Waals surface area contributed by atoms with Gasteiger partial charge in [-0.05, 0) is 13.3 Å². The molecule has 1 atom stereocenters. The summed E-state index contributed by atoms with van der Waals surface area (Å²) in [5, 5.41) is 5.35. The first-order valence-corrected chi connectivity index (χ1v) is 7.95. The highest BCUT2D eigenvalue weighted by molar-refractivity contribution is 6.33. The highest BCUT2D eigenvalue weighted by Gasteiger charge is 2.11. The van der Waals surface area contributed by atoms with Crippen LogP contribution in [0.5, 0.6) is 0 Å². The SMILES string of the molecule is CCCCCCC(C)OCc1nc(Cl)c2cnn(C)c2n1. The Morgan fingerprint density at radius 2 is 2.10 bits per heavy atom. The molecule has 0 aliphatic carbocycles. The number of rotatable bonds is 8. The van der Waals surface area contributed by atoms with Crippen molar-refractivity contribution in [1.29, 1.82) is 0 Å². The van der Waals surface area contributed by atoms with Crippen molar-refractivity contribution in [1.82, 2.24) is 19.7 Å². The molecular weight excluding hydrogens is 288 g/mol. The van der Waals surface area contributed by atoms with E-state index < -0.39 is 0 Å². The maximum absolute atomic E-state index is 6.15. The van der Waals surface area contributed by atoms with Crippen molar-refractivity contribution in [2.75, 3.05) is 0 Å². The second kappa shape index (κ2) is 7.71. The Morgan fingerprint density at radius 3 is 2.86 bits per heavy atom. The van der Waals surface area contributed by atoms with E-state index in [1.165, 1.54) is 25.7 Å². The first kappa shape index (κ1) is 16.2. The first-order chi connectivity index (χ1) is 10.1. The average molecular weight is 311 g/mol. The summed E-state index contributed by atoms with van der Waals surface area (Å²) in [7, 11) is 1.84. The van der Waals surface area contributed by atoms with E-state index in [-0.39, 0.29) is 6.10 Å². The molecule has 0 aliphatic rings. The second-order valence-corrected chi connectivity index (χ2v) is 5.77. The Morgan fingerprint density at radius 1 is 1.29 bits per heavy atom. The molecule has 1 unspecified atom stereocenters. The molecule has 2 aromatic heterocycles. The summed E-state index contributed by atoms with van der Waals surface area (Å²) < 4.78 is 7.51. The molecule has 0 radical (unpaired) electrons. The van der Waals surface area contributed by atoms with E-state index in [0.29, 0.717) is 17.6 Å². The molecule has 0 amide bonds. The van der Waals surface area contributed by atoms with Gasteiger partial charge in [0.25, 0.3) is 0 Å². The summed E-state index contributed by atoms with van der Waals surface area (Å²) in [6.07, 6.45) is 7.99. The fourth-order valence-electron chi connectivity index (χ4n) is 2.25. The predicted molar refractivity (Wildman–Crippen MR) is 84.3 cm³/mol. The number of nitrogens with zero attached hydrogens (tertiary/aromatic N) is 4. The van der Waals surface area contributed by atoms with Gasteiger partial charge in [0.1, 0.15) is 11.8 Å². The molecule has 6 heteroatoms. The number of halogens is 1. The quantitative estimate of drug-likeness (QED) is 0.548. The zero-order valence-corrected chi connectivity index (χ0v) is 13.7. The summed E-state index contributed by atoms with van der Waals surface area (Å²) in [4.78, 5) is 8.73. The lowest BCUT2D eigenvalue weighted by Gasteiger charge is -2.12. The molecule has 0 saturated carbocycles. The van der Waals surface area contributed by atoms with Crippen LogP contribution in [0.2, 0.25) is 5.15 Å². The van der Waals surface area contributed by atoms with Crippen LogP contribution in [0, 0.1) is 0 Å². The smallest absolute Gasteiger partial charge is 0.162 e. The number of aromatic nitrogens is 4. The largest absolute Gasteiger partial charge is 0.371 e. The maximum Gasteiger partial charge on any atom is 0.162 e. The maximum atomic E-state index is 6.15. The van der Waals surface area contributed by atoms with Gasteiger partial charge in [-0.2, -0.15) is 5.10 Å². The van der Waals surface area contributed by atoms with Crippen LogP contribution in [0.25, 0.3) is 11.0 Å². The van der Waals surface area contributed by atoms with Gasteiger partial charge in [-0.1, -0.05) is 44.2 Å². The van der Waals surface area contributed by atoms with Crippen molar-refractivity contribution in [3.8, 4) is 0 Å². The monoisotopic (exact) mass is 310 g/mol. The minimum absolute atomic E-state index is 0.214. The number of ether oxygens (including phenoxy) is 1. The fourth-order valence-corrected chi connectivity index (χ4v) is 2.48. The van der Waals surface area contributed by atoms with E-state index >= 15 is 0 Å². The topological polar surface area (TPSA) is 52.8 Å². The van der Waals surface area contributed by atoms with Gasteiger partial charge in [0.15, 0.2) is 11.5 Å². The van der Waals surface area contributed by atoms with Gasteiger partial charge in [-0.15, -0.1) is 0 Å². The Bertz CT molecular complexity index is 584. The van der Waals surface area contributed by atoms with Gasteiger partial charge < -0.3 is 4.74 Å². The molecule has 21 heavy (non-hydrogen) atoms. The average Bonchev–Trinajstić information content (AvgIpc) is 2.84. The molecule has 0 bridgehead atoms. The fraction of sp³-hybridized carbons (Fsp3) is 0.667. The van der Waals surface area contributed by atoms with Crippen LogP contribution in [-0.2, 0) is 18.4 Å². The van der Waals surface area contributed by atoms with E-state index in [0.717, 1.165) is 17.5 Å². The number of aryl methyl sites for hydroxylation is 1. The van der Waals surface area contributed by atoms with Gasteiger partial charge in [0.2, 0.25) is 0 Å². The highest BCUT2D eigenvalue weighted by atomic mass is 35.5. The third kappa shape index (κ3) is 4.38. The highest BCUT2D eigenvalue weighted by Crippen LogP contribution is 2.19. The van der Waals surface area contributed by atoms with E-state index in [4.69, 9.17) is 16.3 Å². The van der Waals surface area contributed by atoms with Crippen molar-refractivity contribution < 1.29 is 4.74 Å². The van der Waals surface area contributed by atoms with Crippen molar-refractivity contribution >= 4 is 22.6 Å². The summed E-state index contributed by atoms with van der Waals surface area (Å²) >= 11 is 6.15. The molecule has 2 rings (SSSR count). The predicted octanol–water partition coefficient (Wildman–Crippen LogP) is 3.89. The Hall–Kier alpha value is -1.20. The standard InChI is InChI=1S/C15H23ClN4O/c1-4-5-6-7-8-11(2)21-10-13-18-14(16)12-9-17-20(3)15(12)19-13/h9,11H,4-8,10H2,1-3H3. The lowest BCUT2D eigenvalue weighted by atomic mass is 10.1.